The van der Waals surface area contributed by atoms with Crippen molar-refractivity contribution in [2.45, 2.75) is 94.9 Å². The first kappa shape index (κ1) is 60.9. The van der Waals surface area contributed by atoms with Gasteiger partial charge in [0.15, 0.2) is 0 Å². The van der Waals surface area contributed by atoms with Gasteiger partial charge in [0.1, 0.15) is 40.2 Å². The van der Waals surface area contributed by atoms with Crippen LogP contribution < -0.4 is 54.4 Å². The lowest BCUT2D eigenvalue weighted by Gasteiger charge is -2.21. The molecule has 0 aliphatic heterocycles. The standard InChI is InChI=1S/C59H74I2N4O11/c1-12-14-23-71-49-21-19-39(60)25-43(49)58(68)64-47-27-45(51(73-31-35(3)4)29-53(47)75-33-37(7)8)62-56(66)41-17-16-18-42(55(41)70-11)57(67)63-46-28-48(54(76-34-38(9)10)30-52(46)74-32-36(5)6)65-59(69)44-26-40(61)20-22-50(44)72-24-15-13-2/h16-22,25-30,35-38H,12-15,23-24,31-34H2,1-11H3,(H,62,66)(H,63,67)(H,64,68)(H,65,69). The molecular weight excluding hydrogens is 1190 g/mol. The van der Waals surface area contributed by atoms with Crippen LogP contribution >= 0.6 is 45.2 Å². The van der Waals surface area contributed by atoms with Crippen LogP contribution in [0.2, 0.25) is 0 Å². The average molecular weight is 1270 g/mol. The fraction of sp³-hybridized carbons (Fsp3) is 0.424. The zero-order valence-corrected chi connectivity index (χ0v) is 49.9. The number of anilines is 4. The van der Waals surface area contributed by atoms with E-state index in [2.05, 4.69) is 80.3 Å². The minimum Gasteiger partial charge on any atom is -0.495 e. The van der Waals surface area contributed by atoms with Gasteiger partial charge >= 0.3 is 0 Å². The Labute approximate surface area is 475 Å². The molecule has 5 aromatic rings. The van der Waals surface area contributed by atoms with E-state index in [-0.39, 0.29) is 63.3 Å². The third-order valence-corrected chi connectivity index (χ3v) is 12.4. The highest BCUT2D eigenvalue weighted by molar-refractivity contribution is 14.1. The largest absolute Gasteiger partial charge is 0.495 e. The molecule has 15 nitrogen and oxygen atoms in total. The van der Waals surface area contributed by atoms with Crippen LogP contribution in [0.4, 0.5) is 22.7 Å². The van der Waals surface area contributed by atoms with E-state index in [0.29, 0.717) is 85.3 Å². The van der Waals surface area contributed by atoms with Gasteiger partial charge in [-0.2, -0.15) is 0 Å². The van der Waals surface area contributed by atoms with E-state index < -0.39 is 23.6 Å². The van der Waals surface area contributed by atoms with E-state index in [1.54, 1.807) is 54.6 Å². The maximum atomic E-state index is 14.6. The Balaban J connectivity index is 1.54. The van der Waals surface area contributed by atoms with E-state index >= 15 is 0 Å². The Morgan fingerprint density at radius 3 is 1.03 bits per heavy atom. The van der Waals surface area contributed by atoms with Crippen molar-refractivity contribution >= 4 is 91.6 Å². The van der Waals surface area contributed by atoms with Crippen LogP contribution in [0.1, 0.15) is 136 Å². The van der Waals surface area contributed by atoms with Crippen LogP contribution in [-0.2, 0) is 0 Å². The molecule has 0 saturated carbocycles. The second-order valence-corrected chi connectivity index (χ2v) is 22.4. The highest BCUT2D eigenvalue weighted by atomic mass is 127. The maximum Gasteiger partial charge on any atom is 0.259 e. The van der Waals surface area contributed by atoms with Gasteiger partial charge in [-0.05, 0) is 142 Å². The van der Waals surface area contributed by atoms with E-state index in [0.717, 1.165) is 32.8 Å². The first-order valence-electron chi connectivity index (χ1n) is 26.0. The number of hydrogen-bond donors (Lipinski definition) is 4. The molecule has 4 N–H and O–H groups in total. The number of halogens is 2. The fourth-order valence-corrected chi connectivity index (χ4v) is 8.14. The molecule has 17 heteroatoms. The number of rotatable bonds is 29. The van der Waals surface area contributed by atoms with Crippen molar-refractivity contribution < 1.29 is 52.3 Å². The smallest absolute Gasteiger partial charge is 0.259 e. The molecular formula is C59H74I2N4O11. The molecule has 0 fully saturated rings. The second kappa shape index (κ2) is 30.1. The van der Waals surface area contributed by atoms with E-state index in [1.807, 2.05) is 67.5 Å². The highest BCUT2D eigenvalue weighted by Gasteiger charge is 2.26. The zero-order chi connectivity index (χ0) is 55.5. The first-order chi connectivity index (χ1) is 36.3. The van der Waals surface area contributed by atoms with Crippen molar-refractivity contribution in [3.8, 4) is 40.2 Å². The number of amides is 4. The lowest BCUT2D eigenvalue weighted by Crippen LogP contribution is -2.20. The lowest BCUT2D eigenvalue weighted by atomic mass is 10.1. The van der Waals surface area contributed by atoms with Crippen LogP contribution in [0.3, 0.4) is 0 Å². The quantitative estimate of drug-likeness (QED) is 0.0264. The molecule has 0 aliphatic rings. The Kier molecular flexibility index (Phi) is 24.1. The number of methoxy groups -OCH3 is 1. The molecule has 0 bridgehead atoms. The molecule has 0 atom stereocenters. The first-order valence-corrected chi connectivity index (χ1v) is 28.1. The number of ether oxygens (including phenoxy) is 7. The summed E-state index contributed by atoms with van der Waals surface area (Å²) in [7, 11) is 1.37. The van der Waals surface area contributed by atoms with Gasteiger partial charge in [-0.25, -0.2) is 0 Å². The van der Waals surface area contributed by atoms with Crippen LogP contribution in [-0.4, -0.2) is 70.4 Å². The number of benzene rings is 5. The molecule has 0 spiro atoms. The minimum atomic E-state index is -0.635. The number of unbranched alkanes of at least 4 members (excludes halogenated alkanes) is 2. The number of hydrogen-bond acceptors (Lipinski definition) is 11. The van der Waals surface area contributed by atoms with Crippen LogP contribution in [0.5, 0.6) is 40.2 Å². The van der Waals surface area contributed by atoms with Crippen molar-refractivity contribution in [3.63, 3.8) is 0 Å². The monoisotopic (exact) mass is 1270 g/mol. The van der Waals surface area contributed by atoms with Crippen LogP contribution in [0.25, 0.3) is 0 Å². The molecule has 0 aromatic heterocycles. The number of para-hydroxylation sites is 1. The van der Waals surface area contributed by atoms with Crippen LogP contribution in [0, 0.1) is 30.8 Å². The van der Waals surface area contributed by atoms with Gasteiger partial charge in [-0.3, -0.25) is 19.2 Å². The van der Waals surface area contributed by atoms with Crippen molar-refractivity contribution in [3.05, 3.63) is 108 Å². The molecule has 410 valence electrons. The molecule has 0 radical (unpaired) electrons. The van der Waals surface area contributed by atoms with E-state index in [9.17, 15) is 19.2 Å². The Morgan fingerprint density at radius 2 is 0.737 bits per heavy atom. The second-order valence-electron chi connectivity index (χ2n) is 19.9. The highest BCUT2D eigenvalue weighted by Crippen LogP contribution is 2.41. The summed E-state index contributed by atoms with van der Waals surface area (Å²) in [5.74, 6) is 0.506. The predicted octanol–water partition coefficient (Wildman–Crippen LogP) is 14.4. The van der Waals surface area contributed by atoms with Gasteiger partial charge in [0, 0.05) is 19.3 Å². The summed E-state index contributed by atoms with van der Waals surface area (Å²) in [6.45, 7) is 22.4. The van der Waals surface area contributed by atoms with Gasteiger partial charge in [-0.15, -0.1) is 0 Å². The third kappa shape index (κ3) is 18.1. The SMILES string of the molecule is CCCCOc1ccc(I)cc1C(=O)Nc1cc(NC(=O)c2cccc(C(=O)Nc3cc(NC(=O)c4cc(I)ccc4OCCCC)c(OCC(C)C)cc3OCC(C)C)c2OC)c(OCC(C)C)cc1OCC(C)C. The van der Waals surface area contributed by atoms with E-state index in [1.165, 1.54) is 19.2 Å². The van der Waals surface area contributed by atoms with Crippen LogP contribution in [0.15, 0.2) is 78.9 Å². The molecule has 5 aromatic carbocycles. The van der Waals surface area contributed by atoms with Crippen molar-refractivity contribution in [2.75, 3.05) is 68.0 Å². The predicted molar refractivity (Wildman–Crippen MR) is 318 cm³/mol. The summed E-state index contributed by atoms with van der Waals surface area (Å²) < 4.78 is 44.8. The summed E-state index contributed by atoms with van der Waals surface area (Å²) in [6, 6.07) is 22.0. The number of nitrogens with one attached hydrogen (secondary N) is 4. The summed E-state index contributed by atoms with van der Waals surface area (Å²) in [5.41, 5.74) is 1.74. The molecule has 0 aliphatic carbocycles. The molecule has 0 heterocycles. The van der Waals surface area contributed by atoms with Crippen molar-refractivity contribution in [2.24, 2.45) is 23.7 Å². The Hall–Kier alpha value is -5.96. The molecule has 0 saturated heterocycles. The maximum absolute atomic E-state index is 14.6. The van der Waals surface area contributed by atoms with Gasteiger partial charge in [0.05, 0.1) is 91.8 Å². The normalized spacial score (nSPS) is 11.1. The van der Waals surface area contributed by atoms with Gasteiger partial charge in [-0.1, -0.05) is 88.1 Å². The van der Waals surface area contributed by atoms with Gasteiger partial charge in [0.2, 0.25) is 0 Å². The van der Waals surface area contributed by atoms with E-state index in [4.69, 9.17) is 33.2 Å². The fourth-order valence-electron chi connectivity index (χ4n) is 7.15. The summed E-state index contributed by atoms with van der Waals surface area (Å²) >= 11 is 4.31. The number of carbonyl (C=O) groups is 4. The van der Waals surface area contributed by atoms with Gasteiger partial charge < -0.3 is 54.4 Å². The molecule has 76 heavy (non-hydrogen) atoms. The van der Waals surface area contributed by atoms with Crippen molar-refractivity contribution in [1.82, 2.24) is 0 Å². The topological polar surface area (TPSA) is 181 Å². The average Bonchev–Trinajstić information content (AvgIpc) is 3.37. The summed E-state index contributed by atoms with van der Waals surface area (Å²) in [5, 5.41) is 12.0. The number of carbonyl (C=O) groups excluding carboxylic acids is 4. The molecule has 4 amide bonds. The lowest BCUT2D eigenvalue weighted by molar-refractivity contribution is 0.101. The Morgan fingerprint density at radius 1 is 0.421 bits per heavy atom. The third-order valence-electron chi connectivity index (χ3n) is 11.0. The van der Waals surface area contributed by atoms with Crippen molar-refractivity contribution in [1.29, 1.82) is 0 Å². The zero-order valence-electron chi connectivity index (χ0n) is 45.6. The summed E-state index contributed by atoms with van der Waals surface area (Å²) in [4.78, 5) is 57.6. The molecule has 5 rings (SSSR count). The van der Waals surface area contributed by atoms with Gasteiger partial charge in [0.25, 0.3) is 23.6 Å². The summed E-state index contributed by atoms with van der Waals surface area (Å²) in [6.07, 6.45) is 3.51. The molecule has 0 unspecified atom stereocenters. The minimum absolute atomic E-state index is 0.0220. The Bertz CT molecular complexity index is 2600.